The zero-order valence-electron chi connectivity index (χ0n) is 18.5. The van der Waals surface area contributed by atoms with Crippen LogP contribution in [0.4, 0.5) is 14.6 Å². The van der Waals surface area contributed by atoms with Gasteiger partial charge in [-0.05, 0) is 18.6 Å². The quantitative estimate of drug-likeness (QED) is 0.462. The number of fused-ring (bicyclic) bond motifs is 4. The SMILES string of the molecule is O=C(N[C@@H]1CCC1(F)F)c1cnn2c3c(c(-c4cn(C5COC5)c5ncccc45)nc12)OCCN3. The molecule has 4 aromatic rings. The number of pyridine rings is 1. The van der Waals surface area contributed by atoms with Crippen molar-refractivity contribution < 1.29 is 23.0 Å². The summed E-state index contributed by atoms with van der Waals surface area (Å²) in [5.74, 6) is -2.46. The Morgan fingerprint density at radius 3 is 2.91 bits per heavy atom. The van der Waals surface area contributed by atoms with Gasteiger partial charge in [0, 0.05) is 29.8 Å². The largest absolute Gasteiger partial charge is 0.486 e. The van der Waals surface area contributed by atoms with E-state index in [1.165, 1.54) is 10.7 Å². The van der Waals surface area contributed by atoms with Gasteiger partial charge in [-0.25, -0.2) is 18.7 Å². The summed E-state index contributed by atoms with van der Waals surface area (Å²) in [6.07, 6.45) is 5.08. The van der Waals surface area contributed by atoms with Crippen molar-refractivity contribution in [3.63, 3.8) is 0 Å². The van der Waals surface area contributed by atoms with Gasteiger partial charge in [0.25, 0.3) is 11.8 Å². The summed E-state index contributed by atoms with van der Waals surface area (Å²) in [6.45, 7) is 2.18. The summed E-state index contributed by atoms with van der Waals surface area (Å²) >= 11 is 0. The fraction of sp³-hybridized carbons (Fsp3) is 0.391. The van der Waals surface area contributed by atoms with Gasteiger partial charge in [0.2, 0.25) is 0 Å². The zero-order valence-corrected chi connectivity index (χ0v) is 18.5. The zero-order chi connectivity index (χ0) is 23.7. The number of carbonyl (C=O) groups is 1. The van der Waals surface area contributed by atoms with Crippen LogP contribution in [-0.2, 0) is 4.74 Å². The normalized spacial score (nSPS) is 21.0. The Labute approximate surface area is 197 Å². The number of halogens is 2. The first kappa shape index (κ1) is 20.6. The van der Waals surface area contributed by atoms with Crippen LogP contribution in [0.2, 0.25) is 0 Å². The van der Waals surface area contributed by atoms with Gasteiger partial charge in [-0.2, -0.15) is 9.61 Å². The summed E-state index contributed by atoms with van der Waals surface area (Å²) < 4.78 is 42.5. The van der Waals surface area contributed by atoms with E-state index in [-0.39, 0.29) is 30.1 Å². The third-order valence-corrected chi connectivity index (χ3v) is 6.93. The lowest BCUT2D eigenvalue weighted by atomic mass is 9.88. The van der Waals surface area contributed by atoms with E-state index in [0.717, 1.165) is 16.6 Å². The second-order valence-electron chi connectivity index (χ2n) is 9.05. The molecule has 180 valence electrons. The van der Waals surface area contributed by atoms with Gasteiger partial charge in [0.05, 0.1) is 38.0 Å². The number of ether oxygens (including phenoxy) is 2. The van der Waals surface area contributed by atoms with Crippen LogP contribution >= 0.6 is 0 Å². The van der Waals surface area contributed by atoms with Crippen LogP contribution in [0.25, 0.3) is 27.9 Å². The van der Waals surface area contributed by atoms with Crippen LogP contribution in [-0.4, -0.2) is 68.4 Å². The van der Waals surface area contributed by atoms with E-state index in [1.807, 2.05) is 18.3 Å². The molecule has 2 N–H and O–H groups in total. The van der Waals surface area contributed by atoms with Crippen LogP contribution in [0.3, 0.4) is 0 Å². The van der Waals surface area contributed by atoms with Gasteiger partial charge in [-0.15, -0.1) is 0 Å². The number of carbonyl (C=O) groups excluding carboxylic acids is 1. The van der Waals surface area contributed by atoms with E-state index < -0.39 is 17.9 Å². The molecule has 12 heteroatoms. The number of alkyl halides is 2. The third-order valence-electron chi connectivity index (χ3n) is 6.93. The summed E-state index contributed by atoms with van der Waals surface area (Å²) in [6, 6.07) is 2.80. The molecular weight excluding hydrogens is 460 g/mol. The third kappa shape index (κ3) is 3.02. The molecule has 1 aliphatic carbocycles. The van der Waals surface area contributed by atoms with Crippen molar-refractivity contribution in [3.8, 4) is 17.0 Å². The highest BCUT2D eigenvalue weighted by molar-refractivity contribution is 6.02. The van der Waals surface area contributed by atoms with E-state index in [9.17, 15) is 13.6 Å². The van der Waals surface area contributed by atoms with Crippen molar-refractivity contribution in [2.45, 2.75) is 30.8 Å². The van der Waals surface area contributed by atoms with Crippen molar-refractivity contribution in [1.29, 1.82) is 0 Å². The molecule has 7 rings (SSSR count). The first-order valence-corrected chi connectivity index (χ1v) is 11.5. The first-order chi connectivity index (χ1) is 17.0. The maximum absolute atomic E-state index is 13.8. The van der Waals surface area contributed by atoms with Crippen molar-refractivity contribution in [2.24, 2.45) is 0 Å². The summed E-state index contributed by atoms with van der Waals surface area (Å²) in [5.41, 5.74) is 2.50. The maximum Gasteiger partial charge on any atom is 0.267 e. The monoisotopic (exact) mass is 481 g/mol. The molecule has 1 atom stereocenters. The molecule has 1 saturated heterocycles. The number of aromatic nitrogens is 5. The first-order valence-electron chi connectivity index (χ1n) is 11.5. The highest BCUT2D eigenvalue weighted by Gasteiger charge is 2.49. The molecule has 1 amide bonds. The molecule has 1 saturated carbocycles. The molecule has 4 aromatic heterocycles. The lowest BCUT2D eigenvalue weighted by Gasteiger charge is -2.36. The Morgan fingerprint density at radius 1 is 1.29 bits per heavy atom. The summed E-state index contributed by atoms with van der Waals surface area (Å²) in [7, 11) is 0. The van der Waals surface area contributed by atoms with Gasteiger partial charge in [-0.3, -0.25) is 4.79 Å². The van der Waals surface area contributed by atoms with Gasteiger partial charge in [0.1, 0.15) is 23.5 Å². The standard InChI is InChI=1S/C23H21F2N7O3/c24-23(25)4-3-16(23)29-22(33)14-8-28-32-20(14)30-17(18-21(32)27-6-7-35-18)15-9-31(12-10-34-11-12)19-13(15)2-1-5-26-19/h1-2,5,8-9,12,16,27H,3-4,6-7,10-11H2,(H,29,33)/t16-/m1/s1. The minimum atomic E-state index is -2.90. The Balaban J connectivity index is 1.40. The van der Waals surface area contributed by atoms with E-state index in [4.69, 9.17) is 14.5 Å². The Bertz CT molecular complexity index is 1490. The molecule has 6 heterocycles. The average Bonchev–Trinajstić information content (AvgIpc) is 3.43. The van der Waals surface area contributed by atoms with Crippen LogP contribution in [0.5, 0.6) is 5.75 Å². The number of hydrogen-bond donors (Lipinski definition) is 2. The molecule has 0 spiro atoms. The summed E-state index contributed by atoms with van der Waals surface area (Å²) in [4.78, 5) is 22.3. The van der Waals surface area contributed by atoms with E-state index in [0.29, 0.717) is 43.6 Å². The highest BCUT2D eigenvalue weighted by Crippen LogP contribution is 2.42. The van der Waals surface area contributed by atoms with E-state index in [2.05, 4.69) is 25.3 Å². The smallest absolute Gasteiger partial charge is 0.267 e. The Hall–Kier alpha value is -3.80. The van der Waals surface area contributed by atoms with Gasteiger partial charge in [0.15, 0.2) is 17.2 Å². The number of hydrogen-bond acceptors (Lipinski definition) is 7. The Morgan fingerprint density at radius 2 is 2.17 bits per heavy atom. The second-order valence-corrected chi connectivity index (χ2v) is 9.05. The predicted octanol–water partition coefficient (Wildman–Crippen LogP) is 2.65. The van der Waals surface area contributed by atoms with Crippen molar-refractivity contribution in [1.82, 2.24) is 29.5 Å². The lowest BCUT2D eigenvalue weighted by molar-refractivity contribution is -0.102. The van der Waals surface area contributed by atoms with Crippen molar-refractivity contribution in [2.75, 3.05) is 31.7 Å². The molecule has 10 nitrogen and oxygen atoms in total. The number of nitrogens with one attached hydrogen (secondary N) is 2. The minimum Gasteiger partial charge on any atom is -0.486 e. The van der Waals surface area contributed by atoms with Gasteiger partial charge in [-0.1, -0.05) is 0 Å². The molecule has 2 fully saturated rings. The second kappa shape index (κ2) is 7.35. The lowest BCUT2D eigenvalue weighted by Crippen LogP contribution is -2.55. The van der Waals surface area contributed by atoms with Crippen LogP contribution in [0, 0.1) is 0 Å². The van der Waals surface area contributed by atoms with Gasteiger partial charge >= 0.3 is 0 Å². The molecule has 0 bridgehead atoms. The van der Waals surface area contributed by atoms with E-state index >= 15 is 0 Å². The minimum absolute atomic E-state index is 0.123. The molecule has 0 radical (unpaired) electrons. The van der Waals surface area contributed by atoms with Gasteiger partial charge < -0.3 is 24.7 Å². The van der Waals surface area contributed by atoms with Crippen LogP contribution in [0.1, 0.15) is 29.2 Å². The maximum atomic E-state index is 13.8. The van der Waals surface area contributed by atoms with Crippen molar-refractivity contribution >= 4 is 28.4 Å². The molecule has 3 aliphatic rings. The Kier molecular flexibility index (Phi) is 4.32. The van der Waals surface area contributed by atoms with E-state index in [1.54, 1.807) is 6.20 Å². The van der Waals surface area contributed by atoms with Crippen molar-refractivity contribution in [3.05, 3.63) is 36.3 Å². The predicted molar refractivity (Wildman–Crippen MR) is 121 cm³/mol. The fourth-order valence-corrected chi connectivity index (χ4v) is 4.79. The summed E-state index contributed by atoms with van der Waals surface area (Å²) in [5, 5.41) is 10.9. The average molecular weight is 481 g/mol. The fourth-order valence-electron chi connectivity index (χ4n) is 4.79. The number of nitrogens with zero attached hydrogens (tertiary/aromatic N) is 5. The van der Waals surface area contributed by atoms with Crippen LogP contribution in [0.15, 0.2) is 30.7 Å². The number of rotatable bonds is 4. The highest BCUT2D eigenvalue weighted by atomic mass is 19.3. The molecule has 0 aromatic carbocycles. The number of amides is 1. The number of anilines is 1. The topological polar surface area (TPSA) is 108 Å². The molecule has 2 aliphatic heterocycles. The van der Waals surface area contributed by atoms with Crippen LogP contribution < -0.4 is 15.4 Å². The molecule has 35 heavy (non-hydrogen) atoms. The molecular formula is C23H21F2N7O3. The molecule has 0 unspecified atom stereocenters.